The number of anilines is 1. The lowest BCUT2D eigenvalue weighted by Crippen LogP contribution is -2.16. The van der Waals surface area contributed by atoms with E-state index in [0.717, 1.165) is 22.2 Å². The van der Waals surface area contributed by atoms with Gasteiger partial charge in [0, 0.05) is 4.47 Å². The van der Waals surface area contributed by atoms with Gasteiger partial charge in [-0.05, 0) is 48.4 Å². The monoisotopic (exact) mass is 375 g/mol. The molecule has 0 aliphatic rings. The van der Waals surface area contributed by atoms with Gasteiger partial charge in [-0.25, -0.2) is 17.2 Å². The second-order valence-corrected chi connectivity index (χ2v) is 6.90. The summed E-state index contributed by atoms with van der Waals surface area (Å²) in [4.78, 5) is -0.715. The molecule has 7 heteroatoms. The van der Waals surface area contributed by atoms with E-state index in [1.54, 1.807) is 18.2 Å². The molecular formula is C14H12BrF2NO2S. The zero-order chi connectivity index (χ0) is 15.6. The van der Waals surface area contributed by atoms with Crippen LogP contribution in [0.15, 0.2) is 45.8 Å². The number of rotatable bonds is 4. The van der Waals surface area contributed by atoms with E-state index in [4.69, 9.17) is 0 Å². The zero-order valence-corrected chi connectivity index (χ0v) is 13.4. The third kappa shape index (κ3) is 3.59. The summed E-state index contributed by atoms with van der Waals surface area (Å²) in [6.07, 6.45) is 0.586. The molecule has 0 unspecified atom stereocenters. The molecule has 0 heterocycles. The van der Waals surface area contributed by atoms with Gasteiger partial charge in [-0.2, -0.15) is 0 Å². The van der Waals surface area contributed by atoms with Gasteiger partial charge in [0.2, 0.25) is 0 Å². The fourth-order valence-corrected chi connectivity index (χ4v) is 3.44. The first-order chi connectivity index (χ1) is 9.83. The summed E-state index contributed by atoms with van der Waals surface area (Å²) in [6.45, 7) is 1.86. The van der Waals surface area contributed by atoms with Crippen molar-refractivity contribution in [2.75, 3.05) is 4.72 Å². The Morgan fingerprint density at radius 1 is 1.14 bits per heavy atom. The summed E-state index contributed by atoms with van der Waals surface area (Å²) >= 11 is 3.30. The highest BCUT2D eigenvalue weighted by Gasteiger charge is 2.21. The number of benzene rings is 2. The number of hydrogen-bond donors (Lipinski definition) is 1. The lowest BCUT2D eigenvalue weighted by molar-refractivity contribution is 0.555. The van der Waals surface area contributed by atoms with Gasteiger partial charge < -0.3 is 0 Å². The fourth-order valence-electron chi connectivity index (χ4n) is 1.84. The third-order valence-electron chi connectivity index (χ3n) is 2.88. The topological polar surface area (TPSA) is 46.2 Å². The van der Waals surface area contributed by atoms with Crippen molar-refractivity contribution >= 4 is 31.6 Å². The van der Waals surface area contributed by atoms with Crippen molar-refractivity contribution in [3.05, 3.63) is 58.1 Å². The van der Waals surface area contributed by atoms with Gasteiger partial charge in [0.25, 0.3) is 10.0 Å². The molecule has 0 fully saturated rings. The maximum atomic E-state index is 13.6. The van der Waals surface area contributed by atoms with Crippen LogP contribution in [0.5, 0.6) is 0 Å². The maximum Gasteiger partial charge on any atom is 0.264 e. The number of sulfonamides is 1. The van der Waals surface area contributed by atoms with E-state index in [-0.39, 0.29) is 0 Å². The molecule has 0 amide bonds. The molecule has 2 aromatic rings. The SMILES string of the molecule is CCc1cc(Br)ccc1NS(=O)(=O)c1cc(F)ccc1F. The van der Waals surface area contributed by atoms with E-state index < -0.39 is 26.6 Å². The van der Waals surface area contributed by atoms with Crippen molar-refractivity contribution in [1.82, 2.24) is 0 Å². The second kappa shape index (κ2) is 6.11. The Bertz CT molecular complexity index is 779. The second-order valence-electron chi connectivity index (χ2n) is 4.34. The Balaban J connectivity index is 2.45. The van der Waals surface area contributed by atoms with Crippen molar-refractivity contribution in [3.63, 3.8) is 0 Å². The van der Waals surface area contributed by atoms with Crippen LogP contribution >= 0.6 is 15.9 Å². The summed E-state index contributed by atoms with van der Waals surface area (Å²) in [7, 11) is -4.19. The molecule has 0 aromatic heterocycles. The van der Waals surface area contributed by atoms with Crippen LogP contribution in [-0.4, -0.2) is 8.42 Å². The Hall–Kier alpha value is -1.47. The van der Waals surface area contributed by atoms with Crippen molar-refractivity contribution < 1.29 is 17.2 Å². The first kappa shape index (κ1) is 15.9. The Morgan fingerprint density at radius 3 is 2.52 bits per heavy atom. The van der Waals surface area contributed by atoms with Crippen molar-refractivity contribution in [2.45, 2.75) is 18.2 Å². The summed E-state index contributed by atoms with van der Waals surface area (Å²) in [5.74, 6) is -1.82. The normalized spacial score (nSPS) is 11.4. The van der Waals surface area contributed by atoms with Gasteiger partial charge in [0.15, 0.2) is 0 Å². The quantitative estimate of drug-likeness (QED) is 0.874. The number of aryl methyl sites for hydroxylation is 1. The molecule has 3 nitrogen and oxygen atoms in total. The largest absolute Gasteiger partial charge is 0.279 e. The van der Waals surface area contributed by atoms with E-state index in [0.29, 0.717) is 18.2 Å². The number of hydrogen-bond acceptors (Lipinski definition) is 2. The van der Waals surface area contributed by atoms with Crippen LogP contribution in [0.1, 0.15) is 12.5 Å². The molecule has 0 aliphatic carbocycles. The fraction of sp³-hybridized carbons (Fsp3) is 0.143. The molecule has 0 saturated heterocycles. The Labute approximate surface area is 130 Å². The smallest absolute Gasteiger partial charge is 0.264 e. The average Bonchev–Trinajstić information content (AvgIpc) is 2.43. The van der Waals surface area contributed by atoms with Gasteiger partial charge in [-0.15, -0.1) is 0 Å². The molecule has 0 radical (unpaired) electrons. The highest BCUT2D eigenvalue weighted by molar-refractivity contribution is 9.10. The number of nitrogens with one attached hydrogen (secondary N) is 1. The molecule has 0 bridgehead atoms. The lowest BCUT2D eigenvalue weighted by atomic mass is 10.1. The van der Waals surface area contributed by atoms with Crippen molar-refractivity contribution in [3.8, 4) is 0 Å². The van der Waals surface area contributed by atoms with Gasteiger partial charge >= 0.3 is 0 Å². The molecule has 1 N–H and O–H groups in total. The summed E-state index contributed by atoms with van der Waals surface area (Å²) in [6, 6.07) is 7.30. The van der Waals surface area contributed by atoms with Crippen LogP contribution < -0.4 is 4.72 Å². The lowest BCUT2D eigenvalue weighted by Gasteiger charge is -2.12. The predicted octanol–water partition coefficient (Wildman–Crippen LogP) is 4.09. The molecule has 2 rings (SSSR count). The predicted molar refractivity (Wildman–Crippen MR) is 80.7 cm³/mol. The Morgan fingerprint density at radius 2 is 1.86 bits per heavy atom. The Kier molecular flexibility index (Phi) is 4.63. The molecule has 0 atom stereocenters. The molecule has 112 valence electrons. The first-order valence-corrected chi connectivity index (χ1v) is 8.37. The standard InChI is InChI=1S/C14H12BrF2NO2S/c1-2-9-7-10(15)3-6-13(9)18-21(19,20)14-8-11(16)4-5-12(14)17/h3-8,18H,2H2,1H3. The van der Waals surface area contributed by atoms with Crippen LogP contribution in [0.25, 0.3) is 0 Å². The van der Waals surface area contributed by atoms with E-state index in [9.17, 15) is 17.2 Å². The van der Waals surface area contributed by atoms with Crippen LogP contribution in [-0.2, 0) is 16.4 Å². The molecule has 0 aliphatic heterocycles. The van der Waals surface area contributed by atoms with Gasteiger partial charge in [-0.1, -0.05) is 22.9 Å². The van der Waals surface area contributed by atoms with Gasteiger partial charge in [0.05, 0.1) is 5.69 Å². The highest BCUT2D eigenvalue weighted by atomic mass is 79.9. The van der Waals surface area contributed by atoms with Crippen molar-refractivity contribution in [2.24, 2.45) is 0 Å². The summed E-state index contributed by atoms with van der Waals surface area (Å²) in [5.41, 5.74) is 1.08. The highest BCUT2D eigenvalue weighted by Crippen LogP contribution is 2.25. The molecule has 0 saturated carbocycles. The molecule has 2 aromatic carbocycles. The molecular weight excluding hydrogens is 364 g/mol. The van der Waals surface area contributed by atoms with Crippen LogP contribution in [0, 0.1) is 11.6 Å². The maximum absolute atomic E-state index is 13.6. The summed E-state index contributed by atoms with van der Waals surface area (Å²) in [5, 5.41) is 0. The van der Waals surface area contributed by atoms with E-state index in [1.807, 2.05) is 6.92 Å². The van der Waals surface area contributed by atoms with Crippen LogP contribution in [0.2, 0.25) is 0 Å². The van der Waals surface area contributed by atoms with Gasteiger partial charge in [0.1, 0.15) is 16.5 Å². The zero-order valence-electron chi connectivity index (χ0n) is 11.0. The number of halogens is 3. The first-order valence-electron chi connectivity index (χ1n) is 6.10. The van der Waals surface area contributed by atoms with Crippen LogP contribution in [0.4, 0.5) is 14.5 Å². The van der Waals surface area contributed by atoms with Crippen LogP contribution in [0.3, 0.4) is 0 Å². The summed E-state index contributed by atoms with van der Waals surface area (Å²) < 4.78 is 54.3. The van der Waals surface area contributed by atoms with Crippen molar-refractivity contribution in [1.29, 1.82) is 0 Å². The molecule has 0 spiro atoms. The van der Waals surface area contributed by atoms with E-state index >= 15 is 0 Å². The minimum atomic E-state index is -4.19. The van der Waals surface area contributed by atoms with Gasteiger partial charge in [-0.3, -0.25) is 4.72 Å². The molecule has 21 heavy (non-hydrogen) atoms. The minimum Gasteiger partial charge on any atom is -0.279 e. The van der Waals surface area contributed by atoms with E-state index in [2.05, 4.69) is 20.7 Å². The minimum absolute atomic E-state index is 0.337. The van der Waals surface area contributed by atoms with E-state index in [1.165, 1.54) is 0 Å². The third-order valence-corrected chi connectivity index (χ3v) is 4.75. The average molecular weight is 376 g/mol.